The lowest BCUT2D eigenvalue weighted by atomic mass is 10.2. The van der Waals surface area contributed by atoms with Crippen LogP contribution in [0.3, 0.4) is 0 Å². The second kappa shape index (κ2) is 10.7. The Morgan fingerprint density at radius 2 is 1.84 bits per heavy atom. The standard InChI is InChI=1S/C23H31N3O4S/c1-3-26(4-2)14-15-30-22-11-6-5-10-21(22)25-23(27)19-8-7-9-20(16-19)31(28,29)24-17-18-12-13-18/h5-11,16,18,24H,3-4,12-15,17H2,1-2H3,(H,25,27). The van der Waals surface area contributed by atoms with Gasteiger partial charge in [0.2, 0.25) is 10.0 Å². The number of ether oxygens (including phenoxy) is 1. The van der Waals surface area contributed by atoms with Gasteiger partial charge in [0.05, 0.1) is 10.6 Å². The van der Waals surface area contributed by atoms with Crippen molar-refractivity contribution in [2.75, 3.05) is 38.1 Å². The fourth-order valence-corrected chi connectivity index (χ4v) is 4.31. The number of sulfonamides is 1. The third kappa shape index (κ3) is 6.78. The van der Waals surface area contributed by atoms with E-state index in [2.05, 4.69) is 28.8 Å². The van der Waals surface area contributed by atoms with Crippen molar-refractivity contribution in [3.8, 4) is 5.75 Å². The van der Waals surface area contributed by atoms with Crippen molar-refractivity contribution in [3.63, 3.8) is 0 Å². The maximum absolute atomic E-state index is 12.8. The van der Waals surface area contributed by atoms with Gasteiger partial charge in [-0.3, -0.25) is 4.79 Å². The van der Waals surface area contributed by atoms with E-state index in [9.17, 15) is 13.2 Å². The predicted molar refractivity (Wildman–Crippen MR) is 122 cm³/mol. The summed E-state index contributed by atoms with van der Waals surface area (Å²) in [7, 11) is -3.64. The number of hydrogen-bond acceptors (Lipinski definition) is 5. The molecule has 0 unspecified atom stereocenters. The normalized spacial score (nSPS) is 13.9. The predicted octanol–water partition coefficient (Wildman–Crippen LogP) is 3.35. The molecule has 1 aliphatic rings. The molecule has 0 heterocycles. The number of hydrogen-bond donors (Lipinski definition) is 2. The van der Waals surface area contributed by atoms with Crippen LogP contribution in [0.2, 0.25) is 0 Å². The number of anilines is 1. The van der Waals surface area contributed by atoms with Crippen LogP contribution in [0.5, 0.6) is 5.75 Å². The molecule has 1 fully saturated rings. The van der Waals surface area contributed by atoms with Gasteiger partial charge in [0.15, 0.2) is 0 Å². The van der Waals surface area contributed by atoms with Gasteiger partial charge >= 0.3 is 0 Å². The zero-order valence-electron chi connectivity index (χ0n) is 18.1. The van der Waals surface area contributed by atoms with Crippen molar-refractivity contribution in [2.24, 2.45) is 5.92 Å². The van der Waals surface area contributed by atoms with Gasteiger partial charge in [-0.15, -0.1) is 0 Å². The third-order valence-electron chi connectivity index (χ3n) is 5.36. The molecule has 0 spiro atoms. The first-order chi connectivity index (χ1) is 14.9. The Labute approximate surface area is 184 Å². The highest BCUT2D eigenvalue weighted by molar-refractivity contribution is 7.89. The first kappa shape index (κ1) is 23.2. The summed E-state index contributed by atoms with van der Waals surface area (Å²) in [5.74, 6) is 0.622. The van der Waals surface area contributed by atoms with E-state index in [-0.39, 0.29) is 16.4 Å². The largest absolute Gasteiger partial charge is 0.490 e. The topological polar surface area (TPSA) is 87.7 Å². The monoisotopic (exact) mass is 445 g/mol. The number of para-hydroxylation sites is 2. The molecule has 0 aliphatic heterocycles. The maximum atomic E-state index is 12.8. The molecule has 1 aliphatic carbocycles. The first-order valence-electron chi connectivity index (χ1n) is 10.8. The molecule has 0 aromatic heterocycles. The van der Waals surface area contributed by atoms with E-state index in [1.165, 1.54) is 12.1 Å². The van der Waals surface area contributed by atoms with Crippen LogP contribution in [0, 0.1) is 5.92 Å². The Kier molecular flexibility index (Phi) is 8.06. The Hall–Kier alpha value is -2.42. The number of nitrogens with zero attached hydrogens (tertiary/aromatic N) is 1. The number of likely N-dealkylation sites (N-methyl/N-ethyl adjacent to an activating group) is 1. The van der Waals surface area contributed by atoms with Crippen molar-refractivity contribution >= 4 is 21.6 Å². The number of amides is 1. The van der Waals surface area contributed by atoms with Gasteiger partial charge in [-0.05, 0) is 62.2 Å². The first-order valence-corrected chi connectivity index (χ1v) is 12.3. The van der Waals surface area contributed by atoms with Crippen LogP contribution < -0.4 is 14.8 Å². The minimum absolute atomic E-state index is 0.0876. The van der Waals surface area contributed by atoms with E-state index in [1.807, 2.05) is 12.1 Å². The summed E-state index contributed by atoms with van der Waals surface area (Å²) >= 11 is 0. The number of carbonyl (C=O) groups is 1. The summed E-state index contributed by atoms with van der Waals surface area (Å²) in [4.78, 5) is 15.1. The molecule has 168 valence electrons. The molecular formula is C23H31N3O4S. The average molecular weight is 446 g/mol. The lowest BCUT2D eigenvalue weighted by Gasteiger charge is -2.19. The molecule has 0 bridgehead atoms. The van der Waals surface area contributed by atoms with Gasteiger partial charge in [-0.25, -0.2) is 13.1 Å². The van der Waals surface area contributed by atoms with Crippen LogP contribution in [-0.4, -0.2) is 52.0 Å². The molecular weight excluding hydrogens is 414 g/mol. The van der Waals surface area contributed by atoms with Gasteiger partial charge in [0.25, 0.3) is 5.91 Å². The Bertz CT molecular complexity index is 986. The molecule has 7 nitrogen and oxygen atoms in total. The highest BCUT2D eigenvalue weighted by Gasteiger charge is 2.24. The van der Waals surface area contributed by atoms with Crippen LogP contribution in [0.25, 0.3) is 0 Å². The summed E-state index contributed by atoms with van der Waals surface area (Å²) in [6, 6.07) is 13.3. The van der Waals surface area contributed by atoms with Crippen molar-refractivity contribution in [3.05, 3.63) is 54.1 Å². The van der Waals surface area contributed by atoms with E-state index >= 15 is 0 Å². The summed E-state index contributed by atoms with van der Waals surface area (Å²) in [6.07, 6.45) is 2.11. The number of benzene rings is 2. The lowest BCUT2D eigenvalue weighted by Crippen LogP contribution is -2.28. The van der Waals surface area contributed by atoms with Crippen molar-refractivity contribution in [1.82, 2.24) is 9.62 Å². The van der Waals surface area contributed by atoms with Crippen molar-refractivity contribution < 1.29 is 17.9 Å². The second-order valence-electron chi connectivity index (χ2n) is 7.65. The lowest BCUT2D eigenvalue weighted by molar-refractivity contribution is 0.102. The number of rotatable bonds is 12. The van der Waals surface area contributed by atoms with Gasteiger partial charge in [-0.2, -0.15) is 0 Å². The van der Waals surface area contributed by atoms with Crippen LogP contribution >= 0.6 is 0 Å². The fourth-order valence-electron chi connectivity index (χ4n) is 3.15. The minimum Gasteiger partial charge on any atom is -0.490 e. The Morgan fingerprint density at radius 1 is 1.10 bits per heavy atom. The second-order valence-corrected chi connectivity index (χ2v) is 9.42. The molecule has 1 saturated carbocycles. The zero-order valence-corrected chi connectivity index (χ0v) is 19.0. The van der Waals surface area contributed by atoms with Crippen molar-refractivity contribution in [2.45, 2.75) is 31.6 Å². The van der Waals surface area contributed by atoms with E-state index in [0.29, 0.717) is 30.5 Å². The van der Waals surface area contributed by atoms with Crippen LogP contribution in [0.15, 0.2) is 53.4 Å². The molecule has 0 radical (unpaired) electrons. The van der Waals surface area contributed by atoms with Crippen LogP contribution in [-0.2, 0) is 10.0 Å². The molecule has 2 aromatic rings. The summed E-state index contributed by atoms with van der Waals surface area (Å²) in [5.41, 5.74) is 0.819. The third-order valence-corrected chi connectivity index (χ3v) is 6.78. The highest BCUT2D eigenvalue weighted by atomic mass is 32.2. The summed E-state index contributed by atoms with van der Waals surface area (Å²) in [6.45, 7) is 7.86. The summed E-state index contributed by atoms with van der Waals surface area (Å²) in [5, 5.41) is 2.84. The quantitative estimate of drug-likeness (QED) is 0.523. The Balaban J connectivity index is 1.66. The SMILES string of the molecule is CCN(CC)CCOc1ccccc1NC(=O)c1cccc(S(=O)(=O)NCC2CC2)c1. The molecule has 1 amide bonds. The molecule has 0 atom stereocenters. The Morgan fingerprint density at radius 3 is 2.55 bits per heavy atom. The molecule has 2 aromatic carbocycles. The molecule has 31 heavy (non-hydrogen) atoms. The maximum Gasteiger partial charge on any atom is 0.255 e. The number of nitrogens with one attached hydrogen (secondary N) is 2. The van der Waals surface area contributed by atoms with Crippen molar-refractivity contribution in [1.29, 1.82) is 0 Å². The molecule has 0 saturated heterocycles. The number of carbonyl (C=O) groups excluding carboxylic acids is 1. The summed E-state index contributed by atoms with van der Waals surface area (Å²) < 4.78 is 33.5. The van der Waals surface area contributed by atoms with Crippen LogP contribution in [0.4, 0.5) is 5.69 Å². The van der Waals surface area contributed by atoms with Crippen LogP contribution in [0.1, 0.15) is 37.0 Å². The van der Waals surface area contributed by atoms with Gasteiger partial charge < -0.3 is 15.0 Å². The van der Waals surface area contributed by atoms with Gasteiger partial charge in [0, 0.05) is 18.7 Å². The molecule has 3 rings (SSSR count). The fraction of sp³-hybridized carbons (Fsp3) is 0.435. The van der Waals surface area contributed by atoms with Gasteiger partial charge in [-0.1, -0.05) is 32.0 Å². The minimum atomic E-state index is -3.64. The zero-order chi connectivity index (χ0) is 22.3. The van der Waals surface area contributed by atoms with E-state index in [4.69, 9.17) is 4.74 Å². The van der Waals surface area contributed by atoms with E-state index in [0.717, 1.165) is 32.5 Å². The van der Waals surface area contributed by atoms with Gasteiger partial charge in [0.1, 0.15) is 12.4 Å². The molecule has 8 heteroatoms. The molecule has 2 N–H and O–H groups in total. The average Bonchev–Trinajstić information content (AvgIpc) is 3.61. The highest BCUT2D eigenvalue weighted by Crippen LogP contribution is 2.28. The smallest absolute Gasteiger partial charge is 0.255 e. The van der Waals surface area contributed by atoms with E-state index in [1.54, 1.807) is 24.3 Å². The van der Waals surface area contributed by atoms with E-state index < -0.39 is 10.0 Å².